The Balaban J connectivity index is 1.92. The minimum Gasteiger partial charge on any atom is -0.465 e. The third kappa shape index (κ3) is 5.80. The fourth-order valence-electron chi connectivity index (χ4n) is 2.90. The van der Waals surface area contributed by atoms with Crippen LogP contribution in [0.3, 0.4) is 0 Å². The SMILES string of the molecule is CC(C)(COC(=O)C(C)(C)C)COS(=O)(=O)ON1C(=O)N2C[C@H]1CC[C@H]2C(N)=O. The van der Waals surface area contributed by atoms with Gasteiger partial charge in [0.1, 0.15) is 6.04 Å². The zero-order chi connectivity index (χ0) is 22.2. The number of primary amides is 1. The van der Waals surface area contributed by atoms with Gasteiger partial charge in [-0.1, -0.05) is 13.8 Å². The molecule has 11 nitrogen and oxygen atoms in total. The Labute approximate surface area is 170 Å². The van der Waals surface area contributed by atoms with Crippen molar-refractivity contribution in [2.24, 2.45) is 16.6 Å². The molecular weight excluding hydrogens is 406 g/mol. The van der Waals surface area contributed by atoms with E-state index in [1.807, 2.05) is 0 Å². The molecule has 2 heterocycles. The maximum atomic E-state index is 12.4. The van der Waals surface area contributed by atoms with Crippen molar-refractivity contribution >= 4 is 28.3 Å². The van der Waals surface area contributed by atoms with Gasteiger partial charge in [-0.25, -0.2) is 8.98 Å². The van der Waals surface area contributed by atoms with E-state index in [1.165, 1.54) is 4.90 Å². The molecule has 2 rings (SSSR count). The monoisotopic (exact) mass is 435 g/mol. The van der Waals surface area contributed by atoms with Crippen molar-refractivity contribution in [2.75, 3.05) is 19.8 Å². The quantitative estimate of drug-likeness (QED) is 0.544. The highest BCUT2D eigenvalue weighted by molar-refractivity contribution is 7.81. The van der Waals surface area contributed by atoms with Gasteiger partial charge < -0.3 is 15.4 Å². The first-order chi connectivity index (χ1) is 13.1. The number of urea groups is 1. The van der Waals surface area contributed by atoms with Crippen LogP contribution >= 0.6 is 0 Å². The number of piperidine rings is 1. The van der Waals surface area contributed by atoms with E-state index in [-0.39, 0.29) is 19.8 Å². The molecule has 0 saturated carbocycles. The highest BCUT2D eigenvalue weighted by Gasteiger charge is 2.49. The molecule has 2 fully saturated rings. The molecule has 2 N–H and O–H groups in total. The standard InChI is InChI=1S/C17H29N3O8S/c1-16(2,3)14(22)26-9-17(4,5)10-27-29(24,25)28-20-11-6-7-12(13(18)21)19(8-11)15(20)23/h11-12H,6-10H2,1-5H3,(H2,18,21)/t11-,12+/m1/s1. The normalized spacial score (nSPS) is 22.7. The number of fused-ring (bicyclic) bond motifs is 2. The Hall–Kier alpha value is -1.92. The second-order valence-electron chi connectivity index (χ2n) is 9.15. The summed E-state index contributed by atoms with van der Waals surface area (Å²) in [6.45, 7) is 8.21. The Kier molecular flexibility index (Phi) is 6.50. The highest BCUT2D eigenvalue weighted by Crippen LogP contribution is 2.31. The number of amides is 3. The summed E-state index contributed by atoms with van der Waals surface area (Å²) in [5, 5.41) is 0.713. The summed E-state index contributed by atoms with van der Waals surface area (Å²) in [4.78, 5) is 36.9. The van der Waals surface area contributed by atoms with E-state index in [0.717, 1.165) is 0 Å². The van der Waals surface area contributed by atoms with Crippen LogP contribution in [0.1, 0.15) is 47.5 Å². The van der Waals surface area contributed by atoms with Crippen LogP contribution in [-0.2, 0) is 33.2 Å². The number of ether oxygens (including phenoxy) is 1. The van der Waals surface area contributed by atoms with Crippen LogP contribution in [0.2, 0.25) is 0 Å². The molecule has 0 unspecified atom stereocenters. The average molecular weight is 435 g/mol. The first kappa shape index (κ1) is 23.4. The van der Waals surface area contributed by atoms with E-state index in [0.29, 0.717) is 17.9 Å². The van der Waals surface area contributed by atoms with E-state index in [1.54, 1.807) is 34.6 Å². The summed E-state index contributed by atoms with van der Waals surface area (Å²) < 4.78 is 39.4. The molecule has 0 aromatic heterocycles. The zero-order valence-electron chi connectivity index (χ0n) is 17.3. The number of carbonyl (C=O) groups excluding carboxylic acids is 3. The molecule has 2 bridgehead atoms. The third-order valence-corrected chi connectivity index (χ3v) is 5.37. The van der Waals surface area contributed by atoms with Crippen molar-refractivity contribution in [3.8, 4) is 0 Å². The average Bonchev–Trinajstić information content (AvgIpc) is 2.81. The predicted molar refractivity (Wildman–Crippen MR) is 100 cm³/mol. The van der Waals surface area contributed by atoms with E-state index in [2.05, 4.69) is 0 Å². The van der Waals surface area contributed by atoms with E-state index in [4.69, 9.17) is 18.9 Å². The fourth-order valence-corrected chi connectivity index (χ4v) is 3.79. The van der Waals surface area contributed by atoms with Gasteiger partial charge in [-0.2, -0.15) is 13.5 Å². The molecule has 12 heteroatoms. The fraction of sp³-hybridized carbons (Fsp3) is 0.824. The number of hydroxylamine groups is 2. The topological polar surface area (TPSA) is 146 Å². The molecule has 0 radical (unpaired) electrons. The second kappa shape index (κ2) is 8.07. The minimum absolute atomic E-state index is 0.0576. The molecule has 0 aromatic carbocycles. The molecule has 2 saturated heterocycles. The number of carbonyl (C=O) groups is 3. The lowest BCUT2D eigenvalue weighted by Crippen LogP contribution is -2.47. The zero-order valence-corrected chi connectivity index (χ0v) is 18.2. The predicted octanol–water partition coefficient (Wildman–Crippen LogP) is 0.549. The van der Waals surface area contributed by atoms with Crippen molar-refractivity contribution in [2.45, 2.75) is 59.5 Å². The molecule has 3 amide bonds. The van der Waals surface area contributed by atoms with Crippen molar-refractivity contribution in [1.29, 1.82) is 0 Å². The Morgan fingerprint density at radius 2 is 1.76 bits per heavy atom. The minimum atomic E-state index is -4.55. The van der Waals surface area contributed by atoms with Gasteiger partial charge in [0.15, 0.2) is 0 Å². The molecule has 2 aliphatic rings. The highest BCUT2D eigenvalue weighted by atomic mass is 32.3. The van der Waals surface area contributed by atoms with Gasteiger partial charge in [0, 0.05) is 12.0 Å². The van der Waals surface area contributed by atoms with Crippen LogP contribution in [0.5, 0.6) is 0 Å². The Morgan fingerprint density at radius 1 is 1.14 bits per heavy atom. The van der Waals surface area contributed by atoms with Gasteiger partial charge in [0.2, 0.25) is 5.91 Å². The maximum Gasteiger partial charge on any atom is 0.421 e. The molecule has 0 aromatic rings. The van der Waals surface area contributed by atoms with Gasteiger partial charge in [0.25, 0.3) is 0 Å². The van der Waals surface area contributed by atoms with Crippen LogP contribution in [0.25, 0.3) is 0 Å². The lowest BCUT2D eigenvalue weighted by molar-refractivity contribution is -0.156. The van der Waals surface area contributed by atoms with Crippen molar-refractivity contribution in [3.05, 3.63) is 0 Å². The van der Waals surface area contributed by atoms with Gasteiger partial charge in [-0.3, -0.25) is 9.59 Å². The second-order valence-corrected chi connectivity index (χ2v) is 10.3. The summed E-state index contributed by atoms with van der Waals surface area (Å²) in [6.07, 6.45) is 0.707. The first-order valence-corrected chi connectivity index (χ1v) is 10.6. The summed E-state index contributed by atoms with van der Waals surface area (Å²) in [5.41, 5.74) is 3.79. The Bertz CT molecular complexity index is 774. The van der Waals surface area contributed by atoms with Gasteiger partial charge in [0.05, 0.1) is 24.7 Å². The van der Waals surface area contributed by atoms with E-state index < -0.39 is 51.2 Å². The Morgan fingerprint density at radius 3 is 2.31 bits per heavy atom. The molecule has 0 spiro atoms. The lowest BCUT2D eigenvalue weighted by atomic mass is 9.95. The number of hydrogen-bond donors (Lipinski definition) is 1. The van der Waals surface area contributed by atoms with Crippen molar-refractivity contribution < 1.29 is 36.0 Å². The van der Waals surface area contributed by atoms with Crippen LogP contribution < -0.4 is 5.73 Å². The number of hydrogen-bond acceptors (Lipinski definition) is 8. The summed E-state index contributed by atoms with van der Waals surface area (Å²) >= 11 is 0. The van der Waals surface area contributed by atoms with E-state index >= 15 is 0 Å². The molecule has 29 heavy (non-hydrogen) atoms. The number of nitrogens with two attached hydrogens (primary N) is 1. The van der Waals surface area contributed by atoms with Crippen molar-refractivity contribution in [1.82, 2.24) is 9.96 Å². The van der Waals surface area contributed by atoms with Crippen LogP contribution in [0.4, 0.5) is 4.79 Å². The molecule has 166 valence electrons. The number of esters is 1. The van der Waals surface area contributed by atoms with Crippen LogP contribution in [-0.4, -0.2) is 68.1 Å². The largest absolute Gasteiger partial charge is 0.465 e. The molecule has 0 aliphatic carbocycles. The van der Waals surface area contributed by atoms with E-state index in [9.17, 15) is 22.8 Å². The van der Waals surface area contributed by atoms with Gasteiger partial charge in [-0.05, 0) is 33.6 Å². The van der Waals surface area contributed by atoms with Crippen LogP contribution in [0, 0.1) is 10.8 Å². The van der Waals surface area contributed by atoms with Crippen LogP contribution in [0.15, 0.2) is 0 Å². The molecule has 2 aliphatic heterocycles. The third-order valence-electron chi connectivity index (χ3n) is 4.62. The molecular formula is C17H29N3O8S. The van der Waals surface area contributed by atoms with Gasteiger partial charge >= 0.3 is 22.4 Å². The maximum absolute atomic E-state index is 12.4. The first-order valence-electron chi connectivity index (χ1n) is 9.28. The summed E-state index contributed by atoms with van der Waals surface area (Å²) in [7, 11) is -4.55. The van der Waals surface area contributed by atoms with Gasteiger partial charge in [-0.15, -0.1) is 4.28 Å². The summed E-state index contributed by atoms with van der Waals surface area (Å²) in [6, 6.07) is -2.05. The smallest absolute Gasteiger partial charge is 0.421 e. The molecule has 2 atom stereocenters. The number of nitrogens with zero attached hydrogens (tertiary/aromatic N) is 2. The lowest BCUT2D eigenvalue weighted by Gasteiger charge is -2.27. The van der Waals surface area contributed by atoms with Crippen molar-refractivity contribution in [3.63, 3.8) is 0 Å². The summed E-state index contributed by atoms with van der Waals surface area (Å²) in [5.74, 6) is -1.07. The number of rotatable bonds is 8.